The summed E-state index contributed by atoms with van der Waals surface area (Å²) in [7, 11) is 3.63. The number of carboxylic acid groups (broad SMARTS) is 1. The summed E-state index contributed by atoms with van der Waals surface area (Å²) in [5.74, 6) is -1.90. The van der Waals surface area contributed by atoms with E-state index in [-0.39, 0.29) is 5.56 Å². The van der Waals surface area contributed by atoms with Crippen molar-refractivity contribution in [3.05, 3.63) is 23.8 Å². The van der Waals surface area contributed by atoms with Crippen molar-refractivity contribution < 1.29 is 19.8 Å². The second kappa shape index (κ2) is 6.05. The number of amides is 1. The number of anilines is 2. The first-order valence-electron chi connectivity index (χ1n) is 5.58. The van der Waals surface area contributed by atoms with E-state index in [2.05, 4.69) is 5.32 Å². The standard InChI is InChI=1S/C12H17N3O4/c1-15(2)10-4-3-7(5-8(10)13)11(17)14-9(6-16)12(18)19/h3-5,9,16H,6,13H2,1-2H3,(H,14,17)(H,18,19). The fourth-order valence-corrected chi connectivity index (χ4v) is 1.53. The molecule has 7 heteroatoms. The number of nitrogens with one attached hydrogen (secondary N) is 1. The summed E-state index contributed by atoms with van der Waals surface area (Å²) in [6, 6.07) is 3.33. The molecule has 1 unspecified atom stereocenters. The maximum absolute atomic E-state index is 11.8. The Bertz CT molecular complexity index is 488. The number of nitrogen functional groups attached to an aromatic ring is 1. The molecule has 1 atom stereocenters. The third-order valence-electron chi connectivity index (χ3n) is 2.56. The monoisotopic (exact) mass is 267 g/mol. The number of carboxylic acids is 1. The summed E-state index contributed by atoms with van der Waals surface area (Å²) in [6.45, 7) is -0.674. The van der Waals surface area contributed by atoms with E-state index in [1.165, 1.54) is 12.1 Å². The molecule has 1 amide bonds. The number of carbonyl (C=O) groups excluding carboxylic acids is 1. The van der Waals surface area contributed by atoms with Crippen LogP contribution in [0.25, 0.3) is 0 Å². The van der Waals surface area contributed by atoms with Gasteiger partial charge in [-0.2, -0.15) is 0 Å². The van der Waals surface area contributed by atoms with Gasteiger partial charge in [0.1, 0.15) is 0 Å². The number of nitrogens with two attached hydrogens (primary N) is 1. The normalized spacial score (nSPS) is 11.7. The SMILES string of the molecule is CN(C)c1ccc(C(=O)NC(CO)C(=O)O)cc1N. The first-order chi connectivity index (χ1) is 8.86. The molecule has 0 radical (unpaired) electrons. The Morgan fingerprint density at radius 2 is 2.05 bits per heavy atom. The van der Waals surface area contributed by atoms with Gasteiger partial charge in [0.15, 0.2) is 6.04 Å². The van der Waals surface area contributed by atoms with Gasteiger partial charge in [0, 0.05) is 19.7 Å². The topological polar surface area (TPSA) is 116 Å². The Morgan fingerprint density at radius 3 is 2.47 bits per heavy atom. The molecular weight excluding hydrogens is 250 g/mol. The summed E-state index contributed by atoms with van der Waals surface area (Å²) < 4.78 is 0. The van der Waals surface area contributed by atoms with Gasteiger partial charge in [0.05, 0.1) is 18.0 Å². The van der Waals surface area contributed by atoms with Crippen molar-refractivity contribution in [2.24, 2.45) is 0 Å². The fourth-order valence-electron chi connectivity index (χ4n) is 1.53. The fraction of sp³-hybridized carbons (Fsp3) is 0.333. The molecular formula is C12H17N3O4. The molecule has 19 heavy (non-hydrogen) atoms. The lowest BCUT2D eigenvalue weighted by Crippen LogP contribution is -2.43. The molecule has 0 heterocycles. The van der Waals surface area contributed by atoms with Gasteiger partial charge in [-0.25, -0.2) is 4.79 Å². The number of nitrogens with zero attached hydrogens (tertiary/aromatic N) is 1. The van der Waals surface area contributed by atoms with E-state index in [4.69, 9.17) is 15.9 Å². The average molecular weight is 267 g/mol. The number of carbonyl (C=O) groups is 2. The predicted molar refractivity (Wildman–Crippen MR) is 71.2 cm³/mol. The average Bonchev–Trinajstić information content (AvgIpc) is 2.34. The molecule has 0 saturated heterocycles. The molecule has 1 aromatic rings. The predicted octanol–water partition coefficient (Wildman–Crippen LogP) is -0.490. The second-order valence-electron chi connectivity index (χ2n) is 4.21. The van der Waals surface area contributed by atoms with Crippen LogP contribution in [-0.2, 0) is 4.79 Å². The molecule has 0 aliphatic carbocycles. The van der Waals surface area contributed by atoms with Gasteiger partial charge in [-0.05, 0) is 18.2 Å². The van der Waals surface area contributed by atoms with E-state index in [0.29, 0.717) is 5.69 Å². The molecule has 5 N–H and O–H groups in total. The Labute approximate surface area is 110 Å². The molecule has 7 nitrogen and oxygen atoms in total. The highest BCUT2D eigenvalue weighted by atomic mass is 16.4. The summed E-state index contributed by atoms with van der Waals surface area (Å²) in [5.41, 5.74) is 7.20. The van der Waals surface area contributed by atoms with E-state index < -0.39 is 24.5 Å². The van der Waals surface area contributed by atoms with Gasteiger partial charge >= 0.3 is 5.97 Å². The Morgan fingerprint density at radius 1 is 1.42 bits per heavy atom. The van der Waals surface area contributed by atoms with Crippen LogP contribution in [0, 0.1) is 0 Å². The Hall–Kier alpha value is -2.28. The zero-order chi connectivity index (χ0) is 14.6. The lowest BCUT2D eigenvalue weighted by molar-refractivity contribution is -0.140. The Balaban J connectivity index is 2.89. The minimum Gasteiger partial charge on any atom is -0.480 e. The molecule has 104 valence electrons. The molecule has 0 aliphatic heterocycles. The van der Waals surface area contributed by atoms with E-state index in [0.717, 1.165) is 5.69 Å². The van der Waals surface area contributed by atoms with E-state index in [1.54, 1.807) is 11.0 Å². The number of aliphatic hydroxyl groups excluding tert-OH is 1. The highest BCUT2D eigenvalue weighted by Crippen LogP contribution is 2.22. The maximum atomic E-state index is 11.8. The largest absolute Gasteiger partial charge is 0.480 e. The van der Waals surface area contributed by atoms with Crippen LogP contribution in [0.4, 0.5) is 11.4 Å². The van der Waals surface area contributed by atoms with Crippen molar-refractivity contribution in [2.75, 3.05) is 31.3 Å². The van der Waals surface area contributed by atoms with Crippen LogP contribution >= 0.6 is 0 Å². The third kappa shape index (κ3) is 3.59. The molecule has 0 aliphatic rings. The van der Waals surface area contributed by atoms with Gasteiger partial charge < -0.3 is 26.2 Å². The highest BCUT2D eigenvalue weighted by Gasteiger charge is 2.19. The van der Waals surface area contributed by atoms with E-state index >= 15 is 0 Å². The van der Waals surface area contributed by atoms with Crippen molar-refractivity contribution in [3.63, 3.8) is 0 Å². The third-order valence-corrected chi connectivity index (χ3v) is 2.56. The zero-order valence-electron chi connectivity index (χ0n) is 10.8. The van der Waals surface area contributed by atoms with Crippen LogP contribution in [0.2, 0.25) is 0 Å². The summed E-state index contributed by atoms with van der Waals surface area (Å²) >= 11 is 0. The molecule has 0 fully saturated rings. The number of hydrogen-bond donors (Lipinski definition) is 4. The number of aliphatic carboxylic acids is 1. The zero-order valence-corrected chi connectivity index (χ0v) is 10.8. The van der Waals surface area contributed by atoms with E-state index in [1.807, 2.05) is 14.1 Å². The van der Waals surface area contributed by atoms with Crippen molar-refractivity contribution in [3.8, 4) is 0 Å². The van der Waals surface area contributed by atoms with Gasteiger partial charge in [0.25, 0.3) is 5.91 Å². The van der Waals surface area contributed by atoms with Crippen LogP contribution in [-0.4, -0.2) is 48.8 Å². The Kier molecular flexibility index (Phi) is 4.71. The van der Waals surface area contributed by atoms with E-state index in [9.17, 15) is 9.59 Å². The second-order valence-corrected chi connectivity index (χ2v) is 4.21. The van der Waals surface area contributed by atoms with Crippen LogP contribution < -0.4 is 16.0 Å². The van der Waals surface area contributed by atoms with Crippen molar-refractivity contribution >= 4 is 23.3 Å². The van der Waals surface area contributed by atoms with Crippen molar-refractivity contribution in [2.45, 2.75) is 6.04 Å². The molecule has 0 saturated carbocycles. The first-order valence-corrected chi connectivity index (χ1v) is 5.58. The quantitative estimate of drug-likeness (QED) is 0.535. The van der Waals surface area contributed by atoms with Crippen molar-refractivity contribution in [1.29, 1.82) is 0 Å². The maximum Gasteiger partial charge on any atom is 0.328 e. The van der Waals surface area contributed by atoms with Gasteiger partial charge in [-0.15, -0.1) is 0 Å². The number of aliphatic hydroxyl groups is 1. The minimum absolute atomic E-state index is 0.239. The molecule has 1 aromatic carbocycles. The number of benzene rings is 1. The van der Waals surface area contributed by atoms with Crippen LogP contribution in [0.3, 0.4) is 0 Å². The minimum atomic E-state index is -1.33. The summed E-state index contributed by atoms with van der Waals surface area (Å²) in [4.78, 5) is 24.3. The van der Waals surface area contributed by atoms with Crippen LogP contribution in [0.5, 0.6) is 0 Å². The summed E-state index contributed by atoms with van der Waals surface area (Å²) in [6.07, 6.45) is 0. The smallest absolute Gasteiger partial charge is 0.328 e. The van der Waals surface area contributed by atoms with Gasteiger partial charge in [0.2, 0.25) is 0 Å². The lowest BCUT2D eigenvalue weighted by atomic mass is 10.1. The molecule has 0 bridgehead atoms. The van der Waals surface area contributed by atoms with Crippen LogP contribution in [0.15, 0.2) is 18.2 Å². The van der Waals surface area contributed by atoms with Gasteiger partial charge in [-0.1, -0.05) is 0 Å². The lowest BCUT2D eigenvalue weighted by Gasteiger charge is -2.16. The molecule has 0 spiro atoms. The highest BCUT2D eigenvalue weighted by molar-refractivity contribution is 5.98. The first kappa shape index (κ1) is 14.8. The molecule has 0 aromatic heterocycles. The van der Waals surface area contributed by atoms with Gasteiger partial charge in [-0.3, -0.25) is 4.79 Å². The molecule has 1 rings (SSSR count). The number of rotatable bonds is 5. The van der Waals surface area contributed by atoms with Crippen molar-refractivity contribution in [1.82, 2.24) is 5.32 Å². The van der Waals surface area contributed by atoms with Crippen LogP contribution in [0.1, 0.15) is 10.4 Å². The summed E-state index contributed by atoms with van der Waals surface area (Å²) in [5, 5.41) is 19.8. The number of hydrogen-bond acceptors (Lipinski definition) is 5.